The first-order chi connectivity index (χ1) is 9.44. The van der Waals surface area contributed by atoms with Gasteiger partial charge in [-0.05, 0) is 63.8 Å². The van der Waals surface area contributed by atoms with E-state index in [0.717, 1.165) is 19.4 Å². The Labute approximate surface area is 122 Å². The zero-order chi connectivity index (χ0) is 14.6. The lowest BCUT2D eigenvalue weighted by atomic mass is 9.89. The van der Waals surface area contributed by atoms with E-state index in [-0.39, 0.29) is 11.4 Å². The monoisotopic (exact) mass is 278 g/mol. The zero-order valence-electron chi connectivity index (χ0n) is 12.7. The number of rotatable bonds is 5. The van der Waals surface area contributed by atoms with Gasteiger partial charge < -0.3 is 5.73 Å². The Bertz CT molecular complexity index is 408. The van der Waals surface area contributed by atoms with Crippen LogP contribution >= 0.6 is 0 Å². The average molecular weight is 278 g/mol. The van der Waals surface area contributed by atoms with Crippen LogP contribution in [0.5, 0.6) is 0 Å². The fourth-order valence-electron chi connectivity index (χ4n) is 3.12. The van der Waals surface area contributed by atoms with E-state index in [4.69, 9.17) is 5.73 Å². The third-order valence-electron chi connectivity index (χ3n) is 4.11. The Balaban J connectivity index is 1.90. The summed E-state index contributed by atoms with van der Waals surface area (Å²) in [4.78, 5) is 2.57. The summed E-state index contributed by atoms with van der Waals surface area (Å²) >= 11 is 0. The zero-order valence-corrected chi connectivity index (χ0v) is 12.7. The molecule has 1 aliphatic rings. The van der Waals surface area contributed by atoms with Gasteiger partial charge in [0.2, 0.25) is 0 Å². The van der Waals surface area contributed by atoms with Crippen molar-refractivity contribution in [3.8, 4) is 0 Å². The first-order valence-corrected chi connectivity index (χ1v) is 7.71. The van der Waals surface area contributed by atoms with Crippen LogP contribution in [0.2, 0.25) is 0 Å². The molecule has 1 heterocycles. The molecule has 0 saturated carbocycles. The van der Waals surface area contributed by atoms with Crippen molar-refractivity contribution in [2.45, 2.75) is 57.5 Å². The van der Waals surface area contributed by atoms with Crippen molar-refractivity contribution in [1.29, 1.82) is 0 Å². The van der Waals surface area contributed by atoms with E-state index < -0.39 is 0 Å². The Morgan fingerprint density at radius 3 is 2.60 bits per heavy atom. The van der Waals surface area contributed by atoms with Gasteiger partial charge in [0.1, 0.15) is 5.82 Å². The topological polar surface area (TPSA) is 29.3 Å². The second kappa shape index (κ2) is 6.68. The van der Waals surface area contributed by atoms with E-state index >= 15 is 0 Å². The van der Waals surface area contributed by atoms with Crippen LogP contribution in [0.4, 0.5) is 4.39 Å². The molecule has 2 rings (SSSR count). The molecular weight excluding hydrogens is 251 g/mol. The molecule has 1 saturated heterocycles. The Hall–Kier alpha value is -0.930. The molecular formula is C17H27FN2. The Morgan fingerprint density at radius 2 is 1.95 bits per heavy atom. The highest BCUT2D eigenvalue weighted by atomic mass is 19.1. The molecule has 1 aromatic carbocycles. The molecule has 20 heavy (non-hydrogen) atoms. The molecule has 2 N–H and O–H groups in total. The Morgan fingerprint density at radius 1 is 1.25 bits per heavy atom. The minimum atomic E-state index is -0.158. The number of likely N-dealkylation sites (tertiary alicyclic amines) is 1. The highest BCUT2D eigenvalue weighted by molar-refractivity contribution is 5.16. The molecule has 0 bridgehead atoms. The lowest BCUT2D eigenvalue weighted by Gasteiger charge is -2.39. The van der Waals surface area contributed by atoms with Crippen LogP contribution in [0, 0.1) is 5.82 Å². The van der Waals surface area contributed by atoms with Gasteiger partial charge in [-0.15, -0.1) is 0 Å². The van der Waals surface area contributed by atoms with Crippen LogP contribution in [0.15, 0.2) is 24.3 Å². The number of benzene rings is 1. The first-order valence-electron chi connectivity index (χ1n) is 7.71. The van der Waals surface area contributed by atoms with E-state index in [0.29, 0.717) is 6.04 Å². The molecule has 112 valence electrons. The number of piperidine rings is 1. The molecule has 1 atom stereocenters. The minimum absolute atomic E-state index is 0.101. The number of hydrogen-bond acceptors (Lipinski definition) is 2. The van der Waals surface area contributed by atoms with Gasteiger partial charge in [0.05, 0.1) is 0 Å². The molecule has 1 fully saturated rings. The molecule has 1 aromatic rings. The van der Waals surface area contributed by atoms with Crippen molar-refractivity contribution < 1.29 is 4.39 Å². The minimum Gasteiger partial charge on any atom is -0.326 e. The predicted octanol–water partition coefficient (Wildman–Crippen LogP) is 3.35. The van der Waals surface area contributed by atoms with Crippen LogP contribution in [-0.2, 0) is 6.42 Å². The van der Waals surface area contributed by atoms with Gasteiger partial charge in [0.15, 0.2) is 0 Å². The van der Waals surface area contributed by atoms with Gasteiger partial charge in [0.25, 0.3) is 0 Å². The molecule has 0 radical (unpaired) electrons. The standard InChI is InChI=1S/C17H27FN2/c1-17(2,19)13-16-5-3-4-11-20(16)12-10-14-6-8-15(18)9-7-14/h6-9,16H,3-5,10-13,19H2,1-2H3. The smallest absolute Gasteiger partial charge is 0.123 e. The van der Waals surface area contributed by atoms with Crippen LogP contribution in [0.3, 0.4) is 0 Å². The summed E-state index contributed by atoms with van der Waals surface area (Å²) in [5, 5.41) is 0. The predicted molar refractivity (Wildman–Crippen MR) is 82.2 cm³/mol. The fourth-order valence-corrected chi connectivity index (χ4v) is 3.12. The summed E-state index contributed by atoms with van der Waals surface area (Å²) in [5.41, 5.74) is 7.29. The van der Waals surface area contributed by atoms with E-state index in [9.17, 15) is 4.39 Å². The Kier molecular flexibility index (Phi) is 5.17. The maximum atomic E-state index is 12.9. The van der Waals surface area contributed by atoms with E-state index in [1.54, 1.807) is 12.1 Å². The normalized spacial score (nSPS) is 21.1. The van der Waals surface area contributed by atoms with Crippen molar-refractivity contribution in [3.63, 3.8) is 0 Å². The molecule has 1 aliphatic heterocycles. The van der Waals surface area contributed by atoms with Gasteiger partial charge in [-0.1, -0.05) is 18.6 Å². The van der Waals surface area contributed by atoms with Gasteiger partial charge in [-0.2, -0.15) is 0 Å². The van der Waals surface area contributed by atoms with Crippen molar-refractivity contribution in [2.75, 3.05) is 13.1 Å². The van der Waals surface area contributed by atoms with Gasteiger partial charge in [-0.3, -0.25) is 4.90 Å². The van der Waals surface area contributed by atoms with Crippen LogP contribution in [0.25, 0.3) is 0 Å². The number of hydrogen-bond donors (Lipinski definition) is 1. The summed E-state index contributed by atoms with van der Waals surface area (Å²) in [6.45, 7) is 6.44. The van der Waals surface area contributed by atoms with Crippen LogP contribution < -0.4 is 5.73 Å². The summed E-state index contributed by atoms with van der Waals surface area (Å²) in [7, 11) is 0. The number of nitrogens with zero attached hydrogens (tertiary/aromatic N) is 1. The second-order valence-electron chi connectivity index (χ2n) is 6.75. The summed E-state index contributed by atoms with van der Waals surface area (Å²) in [6, 6.07) is 7.48. The highest BCUT2D eigenvalue weighted by Gasteiger charge is 2.26. The molecule has 0 spiro atoms. The van der Waals surface area contributed by atoms with Crippen molar-refractivity contribution in [1.82, 2.24) is 4.90 Å². The maximum Gasteiger partial charge on any atom is 0.123 e. The lowest BCUT2D eigenvalue weighted by Crippen LogP contribution is -2.47. The fraction of sp³-hybridized carbons (Fsp3) is 0.647. The van der Waals surface area contributed by atoms with Crippen molar-refractivity contribution >= 4 is 0 Å². The van der Waals surface area contributed by atoms with E-state index in [1.807, 2.05) is 12.1 Å². The molecule has 0 aliphatic carbocycles. The third-order valence-corrected chi connectivity index (χ3v) is 4.11. The highest BCUT2D eigenvalue weighted by Crippen LogP contribution is 2.24. The number of halogens is 1. The molecule has 3 heteroatoms. The van der Waals surface area contributed by atoms with E-state index in [2.05, 4.69) is 18.7 Å². The van der Waals surface area contributed by atoms with Gasteiger partial charge in [-0.25, -0.2) is 4.39 Å². The molecule has 1 unspecified atom stereocenters. The van der Waals surface area contributed by atoms with Gasteiger partial charge >= 0.3 is 0 Å². The van der Waals surface area contributed by atoms with E-state index in [1.165, 1.54) is 31.4 Å². The van der Waals surface area contributed by atoms with Gasteiger partial charge in [0, 0.05) is 18.1 Å². The third kappa shape index (κ3) is 4.88. The number of nitrogens with two attached hydrogens (primary N) is 1. The second-order valence-corrected chi connectivity index (χ2v) is 6.75. The molecule has 0 aromatic heterocycles. The maximum absolute atomic E-state index is 12.9. The molecule has 0 amide bonds. The first kappa shape index (κ1) is 15.5. The summed E-state index contributed by atoms with van der Waals surface area (Å²) in [6.07, 6.45) is 5.89. The quantitative estimate of drug-likeness (QED) is 0.895. The average Bonchev–Trinajstić information content (AvgIpc) is 2.38. The summed E-state index contributed by atoms with van der Waals surface area (Å²) < 4.78 is 12.9. The van der Waals surface area contributed by atoms with Crippen molar-refractivity contribution in [2.24, 2.45) is 5.73 Å². The SMILES string of the molecule is CC(C)(N)CC1CCCCN1CCc1ccc(F)cc1. The lowest BCUT2D eigenvalue weighted by molar-refractivity contribution is 0.125. The molecule has 2 nitrogen and oxygen atoms in total. The van der Waals surface area contributed by atoms with Crippen LogP contribution in [0.1, 0.15) is 45.1 Å². The largest absolute Gasteiger partial charge is 0.326 e. The van der Waals surface area contributed by atoms with Crippen LogP contribution in [-0.4, -0.2) is 29.6 Å². The van der Waals surface area contributed by atoms with Crippen molar-refractivity contribution in [3.05, 3.63) is 35.6 Å². The summed E-state index contributed by atoms with van der Waals surface area (Å²) in [5.74, 6) is -0.158.